The monoisotopic (exact) mass is 128 g/mol. The standard InChI is InChI=1S/C5H12N4/c1-4(2)8-9-5(6)7-3/h1-3H3,(H3,6,7,9). The van der Waals surface area contributed by atoms with Gasteiger partial charge in [-0.1, -0.05) is 0 Å². The molecular formula is C5H12N4. The highest BCUT2D eigenvalue weighted by Gasteiger charge is 1.83. The van der Waals surface area contributed by atoms with Crippen molar-refractivity contribution in [2.75, 3.05) is 7.05 Å². The van der Waals surface area contributed by atoms with E-state index in [1.807, 2.05) is 13.8 Å². The minimum Gasteiger partial charge on any atom is -0.358 e. The van der Waals surface area contributed by atoms with Crippen molar-refractivity contribution in [2.45, 2.75) is 13.8 Å². The number of nitrogens with zero attached hydrogens (tertiary/aromatic N) is 1. The maximum Gasteiger partial charge on any atom is 0.208 e. The molecule has 3 N–H and O–H groups in total. The Balaban J connectivity index is 3.50. The third kappa shape index (κ3) is 4.80. The summed E-state index contributed by atoms with van der Waals surface area (Å²) < 4.78 is 0. The minimum absolute atomic E-state index is 0.205. The molecule has 0 aliphatic rings. The number of rotatable bonds is 1. The molecule has 0 spiro atoms. The molecule has 9 heavy (non-hydrogen) atoms. The number of nitrogens with one attached hydrogen (secondary N) is 3. The predicted molar refractivity (Wildman–Crippen MR) is 38.7 cm³/mol. The predicted octanol–water partition coefficient (Wildman–Crippen LogP) is 0.126. The highest BCUT2D eigenvalue weighted by Crippen LogP contribution is 1.67. The molecule has 0 aliphatic heterocycles. The van der Waals surface area contributed by atoms with E-state index in [4.69, 9.17) is 5.41 Å². The third-order valence-electron chi connectivity index (χ3n) is 0.641. The largest absolute Gasteiger partial charge is 0.358 e. The van der Waals surface area contributed by atoms with Crippen molar-refractivity contribution in [1.29, 1.82) is 5.41 Å². The molecule has 0 fully saturated rings. The van der Waals surface area contributed by atoms with Crippen LogP contribution in [0.4, 0.5) is 0 Å². The van der Waals surface area contributed by atoms with Crippen LogP contribution in [0.25, 0.3) is 0 Å². The van der Waals surface area contributed by atoms with Gasteiger partial charge in [-0.25, -0.2) is 5.43 Å². The zero-order chi connectivity index (χ0) is 7.28. The zero-order valence-electron chi connectivity index (χ0n) is 5.95. The molecule has 0 atom stereocenters. The maximum absolute atomic E-state index is 7.00. The second-order valence-corrected chi connectivity index (χ2v) is 1.80. The van der Waals surface area contributed by atoms with Gasteiger partial charge in [0.2, 0.25) is 5.96 Å². The van der Waals surface area contributed by atoms with Gasteiger partial charge in [0.05, 0.1) is 0 Å². The van der Waals surface area contributed by atoms with Gasteiger partial charge in [-0.15, -0.1) is 0 Å². The van der Waals surface area contributed by atoms with Crippen LogP contribution in [-0.2, 0) is 0 Å². The fourth-order valence-corrected chi connectivity index (χ4v) is 0.224. The van der Waals surface area contributed by atoms with Gasteiger partial charge in [0.25, 0.3) is 0 Å². The molecule has 0 rings (SSSR count). The van der Waals surface area contributed by atoms with Crippen LogP contribution < -0.4 is 10.7 Å². The smallest absolute Gasteiger partial charge is 0.208 e. The van der Waals surface area contributed by atoms with E-state index in [0.29, 0.717) is 0 Å². The van der Waals surface area contributed by atoms with Crippen molar-refractivity contribution in [3.63, 3.8) is 0 Å². The summed E-state index contributed by atoms with van der Waals surface area (Å²) >= 11 is 0. The Labute approximate surface area is 54.8 Å². The fourth-order valence-electron chi connectivity index (χ4n) is 0.224. The van der Waals surface area contributed by atoms with Gasteiger partial charge in [-0.2, -0.15) is 5.10 Å². The van der Waals surface area contributed by atoms with Gasteiger partial charge in [0, 0.05) is 12.8 Å². The van der Waals surface area contributed by atoms with E-state index in [1.54, 1.807) is 7.05 Å². The van der Waals surface area contributed by atoms with Gasteiger partial charge in [-0.05, 0) is 13.8 Å². The highest BCUT2D eigenvalue weighted by molar-refractivity contribution is 5.82. The van der Waals surface area contributed by atoms with Gasteiger partial charge >= 0.3 is 0 Å². The Morgan fingerprint density at radius 1 is 1.44 bits per heavy atom. The van der Waals surface area contributed by atoms with Gasteiger partial charge < -0.3 is 5.32 Å². The van der Waals surface area contributed by atoms with E-state index in [2.05, 4.69) is 15.8 Å². The number of guanidine groups is 1. The summed E-state index contributed by atoms with van der Waals surface area (Å²) in [5, 5.41) is 13.4. The molecule has 4 heteroatoms. The molecule has 0 radical (unpaired) electrons. The Morgan fingerprint density at radius 3 is 2.33 bits per heavy atom. The number of hydrazone groups is 1. The lowest BCUT2D eigenvalue weighted by Gasteiger charge is -1.99. The minimum atomic E-state index is 0.205. The lowest BCUT2D eigenvalue weighted by atomic mass is 10.5. The molecule has 0 aromatic heterocycles. The second-order valence-electron chi connectivity index (χ2n) is 1.80. The third-order valence-corrected chi connectivity index (χ3v) is 0.641. The van der Waals surface area contributed by atoms with E-state index in [1.165, 1.54) is 0 Å². The molecule has 0 saturated carbocycles. The van der Waals surface area contributed by atoms with Crippen molar-refractivity contribution in [2.24, 2.45) is 5.10 Å². The first-order valence-corrected chi connectivity index (χ1v) is 2.70. The molecule has 0 unspecified atom stereocenters. The molecule has 0 aromatic carbocycles. The Bertz CT molecular complexity index is 123. The first kappa shape index (κ1) is 7.94. The fraction of sp³-hybridized carbons (Fsp3) is 0.600. The maximum atomic E-state index is 7.00. The van der Waals surface area contributed by atoms with Gasteiger partial charge in [0.15, 0.2) is 0 Å². The summed E-state index contributed by atoms with van der Waals surface area (Å²) in [6.45, 7) is 3.71. The lowest BCUT2D eigenvalue weighted by Crippen LogP contribution is -2.30. The molecule has 0 heterocycles. The SMILES string of the molecule is CNC(=N)NN=C(C)C. The van der Waals surface area contributed by atoms with E-state index < -0.39 is 0 Å². The van der Waals surface area contributed by atoms with Crippen LogP contribution in [0.1, 0.15) is 13.8 Å². The zero-order valence-corrected chi connectivity index (χ0v) is 5.95. The van der Waals surface area contributed by atoms with Crippen LogP contribution in [-0.4, -0.2) is 18.7 Å². The summed E-state index contributed by atoms with van der Waals surface area (Å²) in [5.41, 5.74) is 3.39. The Morgan fingerprint density at radius 2 is 2.00 bits per heavy atom. The quantitative estimate of drug-likeness (QED) is 0.267. The first-order valence-electron chi connectivity index (χ1n) is 2.70. The summed E-state index contributed by atoms with van der Waals surface area (Å²) in [7, 11) is 1.66. The molecular weight excluding hydrogens is 116 g/mol. The summed E-state index contributed by atoms with van der Waals surface area (Å²) in [4.78, 5) is 0. The Hall–Kier alpha value is -1.06. The van der Waals surface area contributed by atoms with Crippen molar-refractivity contribution < 1.29 is 0 Å². The highest BCUT2D eigenvalue weighted by atomic mass is 15.4. The van der Waals surface area contributed by atoms with Crippen LogP contribution in [0.3, 0.4) is 0 Å². The first-order chi connectivity index (χ1) is 4.16. The van der Waals surface area contributed by atoms with Gasteiger partial charge in [0.1, 0.15) is 0 Å². The van der Waals surface area contributed by atoms with Crippen molar-refractivity contribution >= 4 is 11.7 Å². The Kier molecular flexibility index (Phi) is 3.43. The topological polar surface area (TPSA) is 60.3 Å². The number of hydrogen-bond acceptors (Lipinski definition) is 2. The van der Waals surface area contributed by atoms with E-state index in [-0.39, 0.29) is 5.96 Å². The van der Waals surface area contributed by atoms with Crippen LogP contribution in [0.2, 0.25) is 0 Å². The molecule has 0 aliphatic carbocycles. The van der Waals surface area contributed by atoms with Crippen molar-refractivity contribution in [3.8, 4) is 0 Å². The average molecular weight is 128 g/mol. The van der Waals surface area contributed by atoms with Crippen LogP contribution in [0.5, 0.6) is 0 Å². The van der Waals surface area contributed by atoms with E-state index in [0.717, 1.165) is 5.71 Å². The summed E-state index contributed by atoms with van der Waals surface area (Å²) in [6.07, 6.45) is 0. The molecule has 0 bridgehead atoms. The second kappa shape index (κ2) is 3.88. The molecule has 0 aromatic rings. The van der Waals surface area contributed by atoms with Crippen molar-refractivity contribution in [3.05, 3.63) is 0 Å². The van der Waals surface area contributed by atoms with Crippen LogP contribution in [0, 0.1) is 5.41 Å². The van der Waals surface area contributed by atoms with E-state index >= 15 is 0 Å². The normalized spacial score (nSPS) is 7.89. The lowest BCUT2D eigenvalue weighted by molar-refractivity contribution is 0.928. The average Bonchev–Trinajstić information content (AvgIpc) is 1.83. The molecule has 0 amide bonds. The molecule has 0 saturated heterocycles. The van der Waals surface area contributed by atoms with E-state index in [9.17, 15) is 0 Å². The number of hydrogen-bond donors (Lipinski definition) is 3. The van der Waals surface area contributed by atoms with Gasteiger partial charge in [-0.3, -0.25) is 5.41 Å². The van der Waals surface area contributed by atoms with Crippen LogP contribution >= 0.6 is 0 Å². The van der Waals surface area contributed by atoms with Crippen molar-refractivity contribution in [1.82, 2.24) is 10.7 Å². The van der Waals surface area contributed by atoms with Crippen LogP contribution in [0.15, 0.2) is 5.10 Å². The molecule has 52 valence electrons. The summed E-state index contributed by atoms with van der Waals surface area (Å²) in [6, 6.07) is 0. The summed E-state index contributed by atoms with van der Waals surface area (Å²) in [5.74, 6) is 0.205. The molecule has 4 nitrogen and oxygen atoms in total.